The molecule has 1 aliphatic heterocycles. The smallest absolute Gasteiger partial charge is 0.273 e. The molecule has 2 heterocycles. The van der Waals surface area contributed by atoms with Gasteiger partial charge in [-0.15, -0.1) is 0 Å². The zero-order valence-electron chi connectivity index (χ0n) is 10.8. The molecule has 0 bridgehead atoms. The van der Waals surface area contributed by atoms with Crippen LogP contribution in [0.2, 0.25) is 0 Å². The Labute approximate surface area is 106 Å². The number of nitrogens with zero attached hydrogens (tertiary/aromatic N) is 1. The van der Waals surface area contributed by atoms with Crippen molar-refractivity contribution in [2.45, 2.75) is 31.9 Å². The first-order valence-electron chi connectivity index (χ1n) is 6.11. The monoisotopic (exact) mass is 253 g/mol. The van der Waals surface area contributed by atoms with Crippen molar-refractivity contribution in [3.05, 3.63) is 17.5 Å². The van der Waals surface area contributed by atoms with E-state index in [1.54, 1.807) is 13.2 Å². The highest BCUT2D eigenvalue weighted by atomic mass is 16.5. The molecule has 18 heavy (non-hydrogen) atoms. The Morgan fingerprint density at radius 3 is 3.00 bits per heavy atom. The lowest BCUT2D eigenvalue weighted by Crippen LogP contribution is -2.52. The van der Waals surface area contributed by atoms with Crippen molar-refractivity contribution < 1.29 is 14.1 Å². The Morgan fingerprint density at radius 2 is 2.33 bits per heavy atom. The van der Waals surface area contributed by atoms with Crippen LogP contribution in [0.3, 0.4) is 0 Å². The van der Waals surface area contributed by atoms with Crippen molar-refractivity contribution in [1.29, 1.82) is 0 Å². The number of nitrogens with one attached hydrogen (secondary N) is 2. The van der Waals surface area contributed by atoms with Gasteiger partial charge in [0.05, 0.1) is 0 Å². The first-order chi connectivity index (χ1) is 8.63. The fraction of sp³-hybridized carbons (Fsp3) is 0.667. The number of carbonyl (C=O) groups is 1. The summed E-state index contributed by atoms with van der Waals surface area (Å²) < 4.78 is 9.92. The lowest BCUT2D eigenvalue weighted by molar-refractivity contribution is 0.0877. The standard InChI is InChI=1S/C12H19N3O3/c1-12(3-5-13-6-4-12)14-11(16)10-7-9(8-17-2)18-15-10/h7,13H,3-6,8H2,1-2H3,(H,14,16). The van der Waals surface area contributed by atoms with Crippen LogP contribution in [0.4, 0.5) is 0 Å². The molecular formula is C12H19N3O3. The molecular weight excluding hydrogens is 234 g/mol. The summed E-state index contributed by atoms with van der Waals surface area (Å²) in [6, 6.07) is 1.61. The topological polar surface area (TPSA) is 76.4 Å². The van der Waals surface area contributed by atoms with Gasteiger partial charge in [0.15, 0.2) is 11.5 Å². The van der Waals surface area contributed by atoms with Crippen molar-refractivity contribution in [2.24, 2.45) is 0 Å². The summed E-state index contributed by atoms with van der Waals surface area (Å²) in [5.74, 6) is 0.364. The van der Waals surface area contributed by atoms with E-state index in [2.05, 4.69) is 22.7 Å². The zero-order valence-corrected chi connectivity index (χ0v) is 10.8. The van der Waals surface area contributed by atoms with Gasteiger partial charge in [-0.1, -0.05) is 5.16 Å². The van der Waals surface area contributed by atoms with Crippen LogP contribution in [0, 0.1) is 0 Å². The molecule has 2 N–H and O–H groups in total. The van der Waals surface area contributed by atoms with Gasteiger partial charge >= 0.3 is 0 Å². The second kappa shape index (κ2) is 5.49. The Kier molecular flexibility index (Phi) is 3.98. The Hall–Kier alpha value is -1.40. The van der Waals surface area contributed by atoms with Crippen LogP contribution < -0.4 is 10.6 Å². The second-order valence-electron chi connectivity index (χ2n) is 4.88. The maximum atomic E-state index is 12.0. The molecule has 1 saturated heterocycles. The lowest BCUT2D eigenvalue weighted by Gasteiger charge is -2.34. The molecule has 0 radical (unpaired) electrons. The van der Waals surface area contributed by atoms with E-state index in [1.165, 1.54) is 0 Å². The fourth-order valence-corrected chi connectivity index (χ4v) is 2.07. The molecule has 0 unspecified atom stereocenters. The van der Waals surface area contributed by atoms with Gasteiger partial charge in [-0.2, -0.15) is 0 Å². The quantitative estimate of drug-likeness (QED) is 0.825. The maximum Gasteiger partial charge on any atom is 0.273 e. The number of amides is 1. The van der Waals surface area contributed by atoms with Crippen LogP contribution in [-0.4, -0.2) is 36.8 Å². The van der Waals surface area contributed by atoms with Crippen LogP contribution >= 0.6 is 0 Å². The number of rotatable bonds is 4. The minimum absolute atomic E-state index is 0.164. The molecule has 6 nitrogen and oxygen atoms in total. The molecule has 0 spiro atoms. The molecule has 1 aromatic rings. The second-order valence-corrected chi connectivity index (χ2v) is 4.88. The lowest BCUT2D eigenvalue weighted by atomic mass is 9.90. The Morgan fingerprint density at radius 1 is 1.61 bits per heavy atom. The average molecular weight is 253 g/mol. The summed E-state index contributed by atoms with van der Waals surface area (Å²) in [7, 11) is 1.57. The largest absolute Gasteiger partial charge is 0.377 e. The fourth-order valence-electron chi connectivity index (χ4n) is 2.07. The third kappa shape index (κ3) is 3.08. The van der Waals surface area contributed by atoms with Crippen molar-refractivity contribution in [2.75, 3.05) is 20.2 Å². The van der Waals surface area contributed by atoms with E-state index < -0.39 is 0 Å². The summed E-state index contributed by atoms with van der Waals surface area (Å²) in [5.41, 5.74) is 0.143. The minimum Gasteiger partial charge on any atom is -0.377 e. The highest BCUT2D eigenvalue weighted by Crippen LogP contribution is 2.18. The predicted molar refractivity (Wildman–Crippen MR) is 65.2 cm³/mol. The number of aromatic nitrogens is 1. The van der Waals surface area contributed by atoms with Crippen molar-refractivity contribution in [3.63, 3.8) is 0 Å². The molecule has 0 saturated carbocycles. The van der Waals surface area contributed by atoms with Crippen LogP contribution in [0.1, 0.15) is 36.0 Å². The number of methoxy groups -OCH3 is 1. The van der Waals surface area contributed by atoms with E-state index >= 15 is 0 Å². The Bertz CT molecular complexity index is 410. The number of carbonyl (C=O) groups excluding carboxylic acids is 1. The molecule has 0 aliphatic carbocycles. The molecule has 0 atom stereocenters. The van der Waals surface area contributed by atoms with Crippen LogP contribution in [0.25, 0.3) is 0 Å². The molecule has 6 heteroatoms. The van der Waals surface area contributed by atoms with E-state index in [0.717, 1.165) is 25.9 Å². The van der Waals surface area contributed by atoms with Crippen molar-refractivity contribution >= 4 is 5.91 Å². The maximum absolute atomic E-state index is 12.0. The van der Waals surface area contributed by atoms with Gasteiger partial charge in [0.1, 0.15) is 6.61 Å². The molecule has 1 aliphatic rings. The van der Waals surface area contributed by atoms with Gasteiger partial charge in [0, 0.05) is 18.7 Å². The number of hydrogen-bond acceptors (Lipinski definition) is 5. The van der Waals surface area contributed by atoms with E-state index in [1.807, 2.05) is 0 Å². The molecule has 1 amide bonds. The molecule has 100 valence electrons. The average Bonchev–Trinajstić information content (AvgIpc) is 2.78. The highest BCUT2D eigenvalue weighted by Gasteiger charge is 2.29. The molecule has 1 fully saturated rings. The van der Waals surface area contributed by atoms with E-state index in [0.29, 0.717) is 18.1 Å². The summed E-state index contributed by atoms with van der Waals surface area (Å²) in [4.78, 5) is 12.0. The summed E-state index contributed by atoms with van der Waals surface area (Å²) in [5, 5.41) is 10.0. The van der Waals surface area contributed by atoms with Gasteiger partial charge < -0.3 is 19.9 Å². The van der Waals surface area contributed by atoms with Gasteiger partial charge in [0.25, 0.3) is 5.91 Å². The third-order valence-electron chi connectivity index (χ3n) is 3.20. The molecule has 0 aromatic carbocycles. The number of hydrogen-bond donors (Lipinski definition) is 2. The van der Waals surface area contributed by atoms with Crippen LogP contribution in [0.15, 0.2) is 10.6 Å². The van der Waals surface area contributed by atoms with Crippen molar-refractivity contribution in [3.8, 4) is 0 Å². The SMILES string of the molecule is COCc1cc(C(=O)NC2(C)CCNCC2)no1. The van der Waals surface area contributed by atoms with Gasteiger partial charge in [-0.25, -0.2) is 0 Å². The van der Waals surface area contributed by atoms with E-state index in [-0.39, 0.29) is 11.4 Å². The Balaban J connectivity index is 1.97. The first kappa shape index (κ1) is 13.0. The van der Waals surface area contributed by atoms with Crippen molar-refractivity contribution in [1.82, 2.24) is 15.8 Å². The number of ether oxygens (including phenoxy) is 1. The first-order valence-corrected chi connectivity index (χ1v) is 6.11. The zero-order chi connectivity index (χ0) is 13.0. The minimum atomic E-state index is -0.189. The normalized spacial score (nSPS) is 18.6. The molecule has 1 aromatic heterocycles. The summed E-state index contributed by atoms with van der Waals surface area (Å²) in [6.07, 6.45) is 1.84. The molecule has 2 rings (SSSR count). The summed E-state index contributed by atoms with van der Waals surface area (Å²) >= 11 is 0. The predicted octanol–water partition coefficient (Wildman–Crippen LogP) is 0.693. The highest BCUT2D eigenvalue weighted by molar-refractivity contribution is 5.92. The van der Waals surface area contributed by atoms with Gasteiger partial charge in [0.2, 0.25) is 0 Å². The third-order valence-corrected chi connectivity index (χ3v) is 3.20. The van der Waals surface area contributed by atoms with Gasteiger partial charge in [-0.05, 0) is 32.9 Å². The van der Waals surface area contributed by atoms with Crippen LogP contribution in [0.5, 0.6) is 0 Å². The number of piperidine rings is 1. The van der Waals surface area contributed by atoms with E-state index in [4.69, 9.17) is 9.26 Å². The summed E-state index contributed by atoms with van der Waals surface area (Å²) in [6.45, 7) is 4.22. The van der Waals surface area contributed by atoms with E-state index in [9.17, 15) is 4.79 Å². The van der Waals surface area contributed by atoms with Crippen LogP contribution in [-0.2, 0) is 11.3 Å². The van der Waals surface area contributed by atoms with Gasteiger partial charge in [-0.3, -0.25) is 4.79 Å².